The largest absolute Gasteiger partial charge is 0.338 e. The van der Waals surface area contributed by atoms with Gasteiger partial charge in [-0.15, -0.1) is 11.3 Å². The number of fused-ring (bicyclic) bond motifs is 1. The van der Waals surface area contributed by atoms with Crippen molar-refractivity contribution in [1.29, 1.82) is 0 Å². The zero-order valence-electron chi connectivity index (χ0n) is 15.0. The molecule has 0 saturated heterocycles. The summed E-state index contributed by atoms with van der Waals surface area (Å²) in [5.41, 5.74) is 3.69. The minimum absolute atomic E-state index is 0.0513. The molecule has 1 N–H and O–H groups in total. The molecule has 1 aliphatic rings. The third kappa shape index (κ3) is 4.24. The van der Waals surface area contributed by atoms with Gasteiger partial charge in [0.05, 0.1) is 12.1 Å². The Morgan fingerprint density at radius 1 is 1.11 bits per heavy atom. The first kappa shape index (κ1) is 18.7. The van der Waals surface area contributed by atoms with Gasteiger partial charge in [0.15, 0.2) is 5.13 Å². The van der Waals surface area contributed by atoms with Gasteiger partial charge in [-0.3, -0.25) is 14.9 Å². The summed E-state index contributed by atoms with van der Waals surface area (Å²) in [5, 5.41) is 5.63. The normalized spacial score (nSPS) is 13.1. The van der Waals surface area contributed by atoms with Crippen molar-refractivity contribution in [1.82, 2.24) is 9.88 Å². The molecule has 0 spiro atoms. The van der Waals surface area contributed by atoms with E-state index in [-0.39, 0.29) is 18.2 Å². The zero-order chi connectivity index (χ0) is 19.5. The molecule has 0 atom stereocenters. The maximum Gasteiger partial charge on any atom is 0.257 e. The minimum Gasteiger partial charge on any atom is -0.338 e. The molecule has 0 radical (unpaired) electrons. The summed E-state index contributed by atoms with van der Waals surface area (Å²) in [5.74, 6) is -0.202. The van der Waals surface area contributed by atoms with E-state index in [0.717, 1.165) is 13.0 Å². The number of rotatable bonds is 4. The fourth-order valence-corrected chi connectivity index (χ4v) is 4.02. The number of hydrogen-bond donors (Lipinski definition) is 1. The number of nitrogens with one attached hydrogen (secondary N) is 1. The predicted molar refractivity (Wildman–Crippen MR) is 111 cm³/mol. The van der Waals surface area contributed by atoms with E-state index in [1.165, 1.54) is 22.5 Å². The lowest BCUT2D eigenvalue weighted by atomic mass is 10.00. The van der Waals surface area contributed by atoms with Crippen LogP contribution in [0.2, 0.25) is 5.02 Å². The SMILES string of the molecule is O=C(Nc1nc(CC(=O)N2CCc3ccccc3C2)cs1)c1ccc(Cl)cc1. The van der Waals surface area contributed by atoms with Crippen molar-refractivity contribution in [2.75, 3.05) is 11.9 Å². The van der Waals surface area contributed by atoms with Gasteiger partial charge in [-0.1, -0.05) is 35.9 Å². The molecule has 2 amide bonds. The van der Waals surface area contributed by atoms with Crippen molar-refractivity contribution in [2.45, 2.75) is 19.4 Å². The average Bonchev–Trinajstić information content (AvgIpc) is 3.14. The molecule has 4 rings (SSSR count). The number of anilines is 1. The summed E-state index contributed by atoms with van der Waals surface area (Å²) >= 11 is 7.16. The Morgan fingerprint density at radius 3 is 2.64 bits per heavy atom. The molecule has 0 saturated carbocycles. The number of benzene rings is 2. The number of carbonyl (C=O) groups excluding carboxylic acids is 2. The summed E-state index contributed by atoms with van der Waals surface area (Å²) in [6.45, 7) is 1.36. The molecule has 2 aromatic carbocycles. The van der Waals surface area contributed by atoms with Gasteiger partial charge in [0, 0.05) is 29.1 Å². The van der Waals surface area contributed by atoms with Gasteiger partial charge < -0.3 is 4.90 Å². The zero-order valence-corrected chi connectivity index (χ0v) is 16.6. The first-order chi connectivity index (χ1) is 13.6. The van der Waals surface area contributed by atoms with Crippen LogP contribution in [0.3, 0.4) is 0 Å². The number of nitrogens with zero attached hydrogens (tertiary/aromatic N) is 2. The third-order valence-electron chi connectivity index (χ3n) is 4.69. The summed E-state index contributed by atoms with van der Waals surface area (Å²) in [6, 6.07) is 14.9. The Hall–Kier alpha value is -2.70. The number of hydrogen-bond acceptors (Lipinski definition) is 4. The standard InChI is InChI=1S/C21H18ClN3O2S/c22-17-7-5-15(6-8-17)20(27)24-21-23-18(13-28-21)11-19(26)25-10-9-14-3-1-2-4-16(14)12-25/h1-8,13H,9-12H2,(H,23,24,27). The van der Waals surface area contributed by atoms with Gasteiger partial charge in [0.25, 0.3) is 5.91 Å². The van der Waals surface area contributed by atoms with E-state index in [1.54, 1.807) is 24.3 Å². The van der Waals surface area contributed by atoms with Gasteiger partial charge in [-0.25, -0.2) is 4.98 Å². The predicted octanol–water partition coefficient (Wildman–Crippen LogP) is 4.18. The molecule has 3 aromatic rings. The molecular formula is C21H18ClN3O2S. The summed E-state index contributed by atoms with van der Waals surface area (Å²) in [4.78, 5) is 31.2. The van der Waals surface area contributed by atoms with Crippen molar-refractivity contribution in [3.8, 4) is 0 Å². The van der Waals surface area contributed by atoms with Crippen molar-refractivity contribution < 1.29 is 9.59 Å². The second-order valence-corrected chi connectivity index (χ2v) is 7.91. The van der Waals surface area contributed by atoms with Crippen LogP contribution in [-0.4, -0.2) is 28.2 Å². The Balaban J connectivity index is 1.36. The third-order valence-corrected chi connectivity index (χ3v) is 5.75. The van der Waals surface area contributed by atoms with E-state index in [2.05, 4.69) is 22.4 Å². The van der Waals surface area contributed by atoms with Crippen LogP contribution in [-0.2, 0) is 24.2 Å². The van der Waals surface area contributed by atoms with Crippen LogP contribution in [0.25, 0.3) is 0 Å². The molecule has 1 aliphatic heterocycles. The number of carbonyl (C=O) groups is 2. The number of amides is 2. The highest BCUT2D eigenvalue weighted by Crippen LogP contribution is 2.21. The maximum absolute atomic E-state index is 12.7. The quantitative estimate of drug-likeness (QED) is 0.700. The minimum atomic E-state index is -0.253. The summed E-state index contributed by atoms with van der Waals surface area (Å²) in [7, 11) is 0. The number of halogens is 1. The fraction of sp³-hybridized carbons (Fsp3) is 0.190. The fourth-order valence-electron chi connectivity index (χ4n) is 3.19. The van der Waals surface area contributed by atoms with Crippen LogP contribution < -0.4 is 5.32 Å². The lowest BCUT2D eigenvalue weighted by Crippen LogP contribution is -2.36. The smallest absolute Gasteiger partial charge is 0.257 e. The van der Waals surface area contributed by atoms with Crippen LogP contribution in [0.4, 0.5) is 5.13 Å². The Morgan fingerprint density at radius 2 is 1.86 bits per heavy atom. The Kier molecular flexibility index (Phi) is 5.41. The van der Waals surface area contributed by atoms with Crippen molar-refractivity contribution in [3.63, 3.8) is 0 Å². The van der Waals surface area contributed by atoms with Gasteiger partial charge in [0.1, 0.15) is 0 Å². The van der Waals surface area contributed by atoms with E-state index in [0.29, 0.717) is 28.0 Å². The van der Waals surface area contributed by atoms with E-state index < -0.39 is 0 Å². The van der Waals surface area contributed by atoms with Crippen molar-refractivity contribution >= 4 is 39.9 Å². The average molecular weight is 412 g/mol. The van der Waals surface area contributed by atoms with Crippen LogP contribution in [0.1, 0.15) is 27.2 Å². The molecule has 2 heterocycles. The van der Waals surface area contributed by atoms with Gasteiger partial charge >= 0.3 is 0 Å². The van der Waals surface area contributed by atoms with Crippen LogP contribution >= 0.6 is 22.9 Å². The molecule has 1 aromatic heterocycles. The number of aromatic nitrogens is 1. The first-order valence-corrected chi connectivity index (χ1v) is 10.2. The first-order valence-electron chi connectivity index (χ1n) is 8.94. The van der Waals surface area contributed by atoms with Crippen LogP contribution in [0.15, 0.2) is 53.9 Å². The van der Waals surface area contributed by atoms with E-state index in [4.69, 9.17) is 11.6 Å². The van der Waals surface area contributed by atoms with Gasteiger partial charge in [-0.05, 0) is 41.8 Å². The van der Waals surface area contributed by atoms with Crippen LogP contribution in [0, 0.1) is 0 Å². The molecular weight excluding hydrogens is 394 g/mol. The monoisotopic (exact) mass is 411 g/mol. The molecule has 0 fully saturated rings. The Bertz CT molecular complexity index is 1020. The van der Waals surface area contributed by atoms with Gasteiger partial charge in [-0.2, -0.15) is 0 Å². The molecule has 0 bridgehead atoms. The topological polar surface area (TPSA) is 62.3 Å². The molecule has 28 heavy (non-hydrogen) atoms. The van der Waals surface area contributed by atoms with Crippen molar-refractivity contribution in [3.05, 3.63) is 81.3 Å². The molecule has 0 aliphatic carbocycles. The second-order valence-electron chi connectivity index (χ2n) is 6.62. The molecule has 142 valence electrons. The summed E-state index contributed by atoms with van der Waals surface area (Å²) < 4.78 is 0. The van der Waals surface area contributed by atoms with Crippen molar-refractivity contribution in [2.24, 2.45) is 0 Å². The Labute approximate surface area is 172 Å². The van der Waals surface area contributed by atoms with Gasteiger partial charge in [0.2, 0.25) is 5.91 Å². The maximum atomic E-state index is 12.7. The molecule has 5 nitrogen and oxygen atoms in total. The lowest BCUT2D eigenvalue weighted by molar-refractivity contribution is -0.131. The lowest BCUT2D eigenvalue weighted by Gasteiger charge is -2.28. The number of thiazole rings is 1. The van der Waals surface area contributed by atoms with Crippen LogP contribution in [0.5, 0.6) is 0 Å². The van der Waals surface area contributed by atoms with E-state index in [1.807, 2.05) is 22.4 Å². The molecule has 0 unspecified atom stereocenters. The molecule has 7 heteroatoms. The highest BCUT2D eigenvalue weighted by atomic mass is 35.5. The summed E-state index contributed by atoms with van der Waals surface area (Å²) in [6.07, 6.45) is 1.11. The van der Waals surface area contributed by atoms with E-state index >= 15 is 0 Å². The highest BCUT2D eigenvalue weighted by molar-refractivity contribution is 7.14. The highest BCUT2D eigenvalue weighted by Gasteiger charge is 2.21. The second kappa shape index (κ2) is 8.12. The van der Waals surface area contributed by atoms with E-state index in [9.17, 15) is 9.59 Å².